The Hall–Kier alpha value is -1.25. The number of alkyl halides is 2. The van der Waals surface area contributed by atoms with Crippen molar-refractivity contribution in [2.75, 3.05) is 0 Å². The third-order valence-corrected chi connectivity index (χ3v) is 2.09. The highest BCUT2D eigenvalue weighted by atomic mass is 19.3. The highest BCUT2D eigenvalue weighted by molar-refractivity contribution is 5.50. The third-order valence-electron chi connectivity index (χ3n) is 2.09. The molecule has 0 heterocycles. The Kier molecular flexibility index (Phi) is 3.95. The summed E-state index contributed by atoms with van der Waals surface area (Å²) in [7, 11) is 0. The lowest BCUT2D eigenvalue weighted by Crippen LogP contribution is -2.13. The fourth-order valence-electron chi connectivity index (χ4n) is 1.41. The number of hydrogen-bond donors (Lipinski definition) is 0. The molecule has 1 aromatic rings. The standard InChI is InChI=1S/C12H14F2O/c1-12(13,14)9-11-6-4-10(5-7-11)3-2-8-15/h4-8H,2-3,9H2,1H3. The molecule has 0 aromatic heterocycles. The van der Waals surface area contributed by atoms with Gasteiger partial charge in [0.1, 0.15) is 6.29 Å². The van der Waals surface area contributed by atoms with Crippen molar-refractivity contribution >= 4 is 6.29 Å². The van der Waals surface area contributed by atoms with Crippen LogP contribution in [0.25, 0.3) is 0 Å². The summed E-state index contributed by atoms with van der Waals surface area (Å²) in [6, 6.07) is 6.98. The molecule has 0 amide bonds. The lowest BCUT2D eigenvalue weighted by atomic mass is 10.0. The molecule has 0 N–H and O–H groups in total. The molecule has 0 aliphatic heterocycles. The summed E-state index contributed by atoms with van der Waals surface area (Å²) in [4.78, 5) is 10.1. The second kappa shape index (κ2) is 5.01. The van der Waals surface area contributed by atoms with Gasteiger partial charge in [0.05, 0.1) is 0 Å². The topological polar surface area (TPSA) is 17.1 Å². The monoisotopic (exact) mass is 212 g/mol. The number of halogens is 2. The van der Waals surface area contributed by atoms with Gasteiger partial charge in [-0.3, -0.25) is 0 Å². The van der Waals surface area contributed by atoms with E-state index in [0.717, 1.165) is 18.8 Å². The van der Waals surface area contributed by atoms with Crippen molar-refractivity contribution in [2.24, 2.45) is 0 Å². The van der Waals surface area contributed by atoms with E-state index in [1.165, 1.54) is 0 Å². The number of carbonyl (C=O) groups excluding carboxylic acids is 1. The Morgan fingerprint density at radius 2 is 1.73 bits per heavy atom. The van der Waals surface area contributed by atoms with Crippen molar-refractivity contribution in [1.82, 2.24) is 0 Å². The Labute approximate surface area is 88.1 Å². The number of carbonyl (C=O) groups is 1. The van der Waals surface area contributed by atoms with Crippen molar-refractivity contribution in [3.63, 3.8) is 0 Å². The van der Waals surface area contributed by atoms with E-state index in [0.29, 0.717) is 18.4 Å². The molecule has 0 saturated heterocycles. The molecule has 0 spiro atoms. The zero-order valence-corrected chi connectivity index (χ0v) is 8.67. The maximum Gasteiger partial charge on any atom is 0.249 e. The minimum Gasteiger partial charge on any atom is -0.303 e. The van der Waals surface area contributed by atoms with Gasteiger partial charge in [-0.05, 0) is 24.5 Å². The first-order chi connectivity index (χ1) is 7.01. The molecule has 0 atom stereocenters. The number of aryl methyl sites for hydroxylation is 1. The SMILES string of the molecule is CC(F)(F)Cc1ccc(CCC=O)cc1. The van der Waals surface area contributed by atoms with Crippen LogP contribution in [0, 0.1) is 0 Å². The fraction of sp³-hybridized carbons (Fsp3) is 0.417. The Balaban J connectivity index is 2.60. The average molecular weight is 212 g/mol. The normalized spacial score (nSPS) is 11.4. The first kappa shape index (κ1) is 11.8. The minimum atomic E-state index is -2.66. The lowest BCUT2D eigenvalue weighted by molar-refractivity contribution is -0.107. The van der Waals surface area contributed by atoms with Crippen molar-refractivity contribution < 1.29 is 13.6 Å². The highest BCUT2D eigenvalue weighted by Gasteiger charge is 2.21. The average Bonchev–Trinajstić information content (AvgIpc) is 2.14. The van der Waals surface area contributed by atoms with E-state index in [2.05, 4.69) is 0 Å². The van der Waals surface area contributed by atoms with Crippen LogP contribution in [0.5, 0.6) is 0 Å². The van der Waals surface area contributed by atoms with Gasteiger partial charge in [0, 0.05) is 12.8 Å². The summed E-state index contributed by atoms with van der Waals surface area (Å²) in [5.74, 6) is -2.66. The van der Waals surface area contributed by atoms with Crippen molar-refractivity contribution in [3.8, 4) is 0 Å². The second-order valence-electron chi connectivity index (χ2n) is 3.77. The van der Waals surface area contributed by atoms with E-state index in [9.17, 15) is 13.6 Å². The third kappa shape index (κ3) is 4.68. The van der Waals surface area contributed by atoms with Crippen LogP contribution >= 0.6 is 0 Å². The molecular weight excluding hydrogens is 198 g/mol. The van der Waals surface area contributed by atoms with E-state index in [4.69, 9.17) is 0 Å². The quantitative estimate of drug-likeness (QED) is 0.686. The molecule has 3 heteroatoms. The van der Waals surface area contributed by atoms with Gasteiger partial charge in [-0.25, -0.2) is 8.78 Å². The molecule has 0 fully saturated rings. The second-order valence-corrected chi connectivity index (χ2v) is 3.77. The summed E-state index contributed by atoms with van der Waals surface area (Å²) in [6.45, 7) is 0.910. The maximum atomic E-state index is 12.7. The molecule has 1 nitrogen and oxygen atoms in total. The van der Waals surface area contributed by atoms with E-state index >= 15 is 0 Å². The fourth-order valence-corrected chi connectivity index (χ4v) is 1.41. The molecule has 15 heavy (non-hydrogen) atoms. The van der Waals surface area contributed by atoms with Crippen molar-refractivity contribution in [1.29, 1.82) is 0 Å². The lowest BCUT2D eigenvalue weighted by Gasteiger charge is -2.10. The van der Waals surface area contributed by atoms with Crippen LogP contribution in [0.4, 0.5) is 8.78 Å². The van der Waals surface area contributed by atoms with E-state index in [1.807, 2.05) is 0 Å². The van der Waals surface area contributed by atoms with Crippen LogP contribution in [0.3, 0.4) is 0 Å². The number of rotatable bonds is 5. The van der Waals surface area contributed by atoms with Gasteiger partial charge in [-0.15, -0.1) is 0 Å². The Bertz CT molecular complexity index is 311. The molecule has 0 bridgehead atoms. The predicted octanol–water partition coefficient (Wildman–Crippen LogP) is 3.02. The first-order valence-electron chi connectivity index (χ1n) is 4.90. The highest BCUT2D eigenvalue weighted by Crippen LogP contribution is 2.19. The smallest absolute Gasteiger partial charge is 0.249 e. The number of benzene rings is 1. The Morgan fingerprint density at radius 3 is 2.20 bits per heavy atom. The maximum absolute atomic E-state index is 12.7. The minimum absolute atomic E-state index is 0.235. The van der Waals surface area contributed by atoms with Crippen LogP contribution in [0.15, 0.2) is 24.3 Å². The molecule has 0 aliphatic carbocycles. The molecule has 1 aromatic carbocycles. The molecule has 82 valence electrons. The van der Waals surface area contributed by atoms with E-state index < -0.39 is 5.92 Å². The van der Waals surface area contributed by atoms with Crippen LogP contribution in [0.1, 0.15) is 24.5 Å². The van der Waals surface area contributed by atoms with Gasteiger partial charge in [-0.2, -0.15) is 0 Å². The van der Waals surface area contributed by atoms with Crippen molar-refractivity contribution in [3.05, 3.63) is 35.4 Å². The first-order valence-corrected chi connectivity index (χ1v) is 4.90. The zero-order chi connectivity index (χ0) is 11.3. The van der Waals surface area contributed by atoms with Gasteiger partial charge in [0.2, 0.25) is 5.92 Å². The summed E-state index contributed by atoms with van der Waals surface area (Å²) >= 11 is 0. The summed E-state index contributed by atoms with van der Waals surface area (Å²) in [5.41, 5.74) is 1.63. The summed E-state index contributed by atoms with van der Waals surface area (Å²) in [5, 5.41) is 0. The summed E-state index contributed by atoms with van der Waals surface area (Å²) < 4.78 is 25.3. The molecule has 0 aliphatic rings. The molecule has 0 radical (unpaired) electrons. The summed E-state index contributed by atoms with van der Waals surface area (Å²) in [6.07, 6.45) is 1.77. The molecule has 0 saturated carbocycles. The van der Waals surface area contributed by atoms with Gasteiger partial charge in [0.15, 0.2) is 0 Å². The number of aldehydes is 1. The number of hydrogen-bond acceptors (Lipinski definition) is 1. The van der Waals surface area contributed by atoms with Gasteiger partial charge in [-0.1, -0.05) is 24.3 Å². The molecule has 1 rings (SSSR count). The zero-order valence-electron chi connectivity index (χ0n) is 8.67. The van der Waals surface area contributed by atoms with Crippen LogP contribution in [-0.4, -0.2) is 12.2 Å². The van der Waals surface area contributed by atoms with Gasteiger partial charge in [0.25, 0.3) is 0 Å². The van der Waals surface area contributed by atoms with E-state index in [1.54, 1.807) is 24.3 Å². The van der Waals surface area contributed by atoms with Crippen LogP contribution < -0.4 is 0 Å². The molecular formula is C12H14F2O. The molecule has 0 unspecified atom stereocenters. The Morgan fingerprint density at radius 1 is 1.20 bits per heavy atom. The van der Waals surface area contributed by atoms with Crippen LogP contribution in [0.2, 0.25) is 0 Å². The van der Waals surface area contributed by atoms with Crippen molar-refractivity contribution in [2.45, 2.75) is 32.1 Å². The van der Waals surface area contributed by atoms with Crippen LogP contribution in [-0.2, 0) is 17.6 Å². The van der Waals surface area contributed by atoms with E-state index in [-0.39, 0.29) is 6.42 Å². The predicted molar refractivity (Wildman–Crippen MR) is 55.2 cm³/mol. The largest absolute Gasteiger partial charge is 0.303 e. The van der Waals surface area contributed by atoms with Gasteiger partial charge >= 0.3 is 0 Å². The van der Waals surface area contributed by atoms with Gasteiger partial charge < -0.3 is 4.79 Å².